The summed E-state index contributed by atoms with van der Waals surface area (Å²) in [6, 6.07) is 18.8. The molecule has 0 saturated carbocycles. The van der Waals surface area contributed by atoms with Crippen molar-refractivity contribution in [3.63, 3.8) is 0 Å². The summed E-state index contributed by atoms with van der Waals surface area (Å²) >= 11 is 0. The molecule has 0 fully saturated rings. The molecule has 5 nitrogen and oxygen atoms in total. The SMILES string of the molecule is CCC(C)NC(=O)/C(C#N)=C\N(c1ccccc1)c1ccc(N)cc1. The maximum Gasteiger partial charge on any atom is 0.263 e. The third-order valence-electron chi connectivity index (χ3n) is 3.82. The summed E-state index contributed by atoms with van der Waals surface area (Å²) in [6.07, 6.45) is 2.35. The van der Waals surface area contributed by atoms with E-state index in [1.165, 1.54) is 0 Å². The van der Waals surface area contributed by atoms with Crippen LogP contribution in [0, 0.1) is 11.3 Å². The van der Waals surface area contributed by atoms with Crippen molar-refractivity contribution in [1.82, 2.24) is 5.32 Å². The molecule has 0 heterocycles. The summed E-state index contributed by atoms with van der Waals surface area (Å²) in [5, 5.41) is 12.3. The molecule has 0 bridgehead atoms. The molecule has 0 aliphatic carbocycles. The number of nitrogens with one attached hydrogen (secondary N) is 1. The number of anilines is 3. The molecule has 0 saturated heterocycles. The Morgan fingerprint density at radius 1 is 1.20 bits per heavy atom. The van der Waals surface area contributed by atoms with E-state index in [9.17, 15) is 10.1 Å². The Hall–Kier alpha value is -3.26. The normalized spacial score (nSPS) is 12.1. The molecular formula is C20H22N4O. The molecule has 0 aliphatic rings. The summed E-state index contributed by atoms with van der Waals surface area (Å²) < 4.78 is 0. The highest BCUT2D eigenvalue weighted by Gasteiger charge is 2.15. The van der Waals surface area contributed by atoms with Gasteiger partial charge in [0.15, 0.2) is 0 Å². The molecule has 1 amide bonds. The molecule has 128 valence electrons. The van der Waals surface area contributed by atoms with E-state index in [1.807, 2.05) is 62.4 Å². The zero-order valence-electron chi connectivity index (χ0n) is 14.4. The van der Waals surface area contributed by atoms with Crippen molar-refractivity contribution in [2.45, 2.75) is 26.3 Å². The van der Waals surface area contributed by atoms with E-state index in [-0.39, 0.29) is 17.5 Å². The van der Waals surface area contributed by atoms with Crippen molar-refractivity contribution in [3.05, 3.63) is 66.4 Å². The fourth-order valence-electron chi connectivity index (χ4n) is 2.19. The number of hydrogen-bond acceptors (Lipinski definition) is 4. The van der Waals surface area contributed by atoms with Crippen molar-refractivity contribution in [2.75, 3.05) is 10.6 Å². The van der Waals surface area contributed by atoms with Crippen LogP contribution in [-0.2, 0) is 4.79 Å². The van der Waals surface area contributed by atoms with Crippen LogP contribution < -0.4 is 16.0 Å². The van der Waals surface area contributed by atoms with E-state index in [0.717, 1.165) is 17.8 Å². The summed E-state index contributed by atoms with van der Waals surface area (Å²) in [6.45, 7) is 3.88. The van der Waals surface area contributed by atoms with E-state index >= 15 is 0 Å². The molecule has 2 rings (SSSR count). The fourth-order valence-corrected chi connectivity index (χ4v) is 2.19. The van der Waals surface area contributed by atoms with Crippen LogP contribution >= 0.6 is 0 Å². The Morgan fingerprint density at radius 2 is 1.80 bits per heavy atom. The molecule has 0 spiro atoms. The van der Waals surface area contributed by atoms with Gasteiger partial charge in [0.25, 0.3) is 5.91 Å². The number of benzene rings is 2. The Bertz CT molecular complexity index is 776. The number of amides is 1. The molecule has 25 heavy (non-hydrogen) atoms. The van der Waals surface area contributed by atoms with Gasteiger partial charge in [-0.25, -0.2) is 0 Å². The van der Waals surface area contributed by atoms with Crippen molar-refractivity contribution < 1.29 is 4.79 Å². The molecule has 1 atom stereocenters. The van der Waals surface area contributed by atoms with E-state index in [4.69, 9.17) is 5.73 Å². The molecule has 0 radical (unpaired) electrons. The predicted octanol–water partition coefficient (Wildman–Crippen LogP) is 3.73. The van der Waals surface area contributed by atoms with E-state index in [1.54, 1.807) is 23.2 Å². The van der Waals surface area contributed by atoms with Crippen LogP contribution in [0.2, 0.25) is 0 Å². The molecule has 3 N–H and O–H groups in total. The van der Waals surface area contributed by atoms with E-state index in [2.05, 4.69) is 5.32 Å². The van der Waals surface area contributed by atoms with Crippen LogP contribution in [-0.4, -0.2) is 11.9 Å². The first-order chi connectivity index (χ1) is 12.0. The summed E-state index contributed by atoms with van der Waals surface area (Å²) in [4.78, 5) is 14.1. The minimum atomic E-state index is -0.381. The maximum absolute atomic E-state index is 12.3. The van der Waals surface area contributed by atoms with Crippen molar-refractivity contribution in [3.8, 4) is 6.07 Å². The predicted molar refractivity (Wildman–Crippen MR) is 101 cm³/mol. The third-order valence-corrected chi connectivity index (χ3v) is 3.82. The minimum absolute atomic E-state index is 0.00551. The van der Waals surface area contributed by atoms with Gasteiger partial charge in [-0.05, 0) is 49.7 Å². The first-order valence-electron chi connectivity index (χ1n) is 8.17. The number of nitrogens with zero attached hydrogens (tertiary/aromatic N) is 2. The summed E-state index contributed by atoms with van der Waals surface area (Å²) in [5.41, 5.74) is 8.11. The van der Waals surface area contributed by atoms with Crippen LogP contribution in [0.15, 0.2) is 66.4 Å². The van der Waals surface area contributed by atoms with Gasteiger partial charge in [0, 0.05) is 29.3 Å². The van der Waals surface area contributed by atoms with Gasteiger partial charge in [-0.2, -0.15) is 5.26 Å². The number of para-hydroxylation sites is 1. The number of nitriles is 1. The fraction of sp³-hybridized carbons (Fsp3) is 0.200. The monoisotopic (exact) mass is 334 g/mol. The lowest BCUT2D eigenvalue weighted by molar-refractivity contribution is -0.117. The molecule has 1 unspecified atom stereocenters. The number of hydrogen-bond donors (Lipinski definition) is 2. The average Bonchev–Trinajstić information content (AvgIpc) is 2.64. The first kappa shape index (κ1) is 18.1. The third kappa shape index (κ3) is 4.85. The van der Waals surface area contributed by atoms with Gasteiger partial charge in [-0.3, -0.25) is 4.79 Å². The highest BCUT2D eigenvalue weighted by atomic mass is 16.1. The lowest BCUT2D eigenvalue weighted by Gasteiger charge is -2.22. The van der Waals surface area contributed by atoms with Gasteiger partial charge in [-0.1, -0.05) is 25.1 Å². The van der Waals surface area contributed by atoms with Gasteiger partial charge in [0.1, 0.15) is 11.6 Å². The molecule has 2 aromatic carbocycles. The Kier molecular flexibility index (Phi) is 6.19. The molecular weight excluding hydrogens is 312 g/mol. The van der Waals surface area contributed by atoms with Gasteiger partial charge in [0.05, 0.1) is 0 Å². The second kappa shape index (κ2) is 8.55. The largest absolute Gasteiger partial charge is 0.399 e. The summed E-state index contributed by atoms with van der Waals surface area (Å²) in [7, 11) is 0. The van der Waals surface area contributed by atoms with Gasteiger partial charge in [-0.15, -0.1) is 0 Å². The average molecular weight is 334 g/mol. The summed E-state index contributed by atoms with van der Waals surface area (Å²) in [5.74, 6) is -0.381. The van der Waals surface area contributed by atoms with Crippen LogP contribution in [0.25, 0.3) is 0 Å². The Labute approximate surface area is 148 Å². The van der Waals surface area contributed by atoms with Crippen LogP contribution in [0.1, 0.15) is 20.3 Å². The molecule has 0 aromatic heterocycles. The van der Waals surface area contributed by atoms with E-state index in [0.29, 0.717) is 5.69 Å². The second-order valence-corrected chi connectivity index (χ2v) is 5.73. The van der Waals surface area contributed by atoms with Gasteiger partial charge < -0.3 is 16.0 Å². The quantitative estimate of drug-likeness (QED) is 0.479. The number of carbonyl (C=O) groups is 1. The Balaban J connectivity index is 2.42. The van der Waals surface area contributed by atoms with Gasteiger partial charge in [0.2, 0.25) is 0 Å². The lowest BCUT2D eigenvalue weighted by Crippen LogP contribution is -2.33. The zero-order chi connectivity index (χ0) is 18.2. The van der Waals surface area contributed by atoms with Crippen LogP contribution in [0.4, 0.5) is 17.1 Å². The highest BCUT2D eigenvalue weighted by Crippen LogP contribution is 2.27. The highest BCUT2D eigenvalue weighted by molar-refractivity contribution is 5.98. The van der Waals surface area contributed by atoms with Crippen LogP contribution in [0.5, 0.6) is 0 Å². The number of carbonyl (C=O) groups excluding carboxylic acids is 1. The lowest BCUT2D eigenvalue weighted by atomic mass is 10.2. The number of nitrogen functional groups attached to an aromatic ring is 1. The maximum atomic E-state index is 12.3. The first-order valence-corrected chi connectivity index (χ1v) is 8.17. The minimum Gasteiger partial charge on any atom is -0.399 e. The van der Waals surface area contributed by atoms with Crippen molar-refractivity contribution >= 4 is 23.0 Å². The Morgan fingerprint density at radius 3 is 2.36 bits per heavy atom. The molecule has 2 aromatic rings. The van der Waals surface area contributed by atoms with E-state index < -0.39 is 0 Å². The number of rotatable bonds is 6. The molecule has 0 aliphatic heterocycles. The van der Waals surface area contributed by atoms with Crippen molar-refractivity contribution in [2.24, 2.45) is 0 Å². The smallest absolute Gasteiger partial charge is 0.263 e. The standard InChI is InChI=1S/C20H22N4O/c1-3-15(2)23-20(25)16(13-21)14-24(18-7-5-4-6-8-18)19-11-9-17(22)10-12-19/h4-12,14-15H,3,22H2,1-2H3,(H,23,25)/b16-14-. The van der Waals surface area contributed by atoms with Crippen LogP contribution in [0.3, 0.4) is 0 Å². The zero-order valence-corrected chi connectivity index (χ0v) is 14.4. The molecule has 5 heteroatoms. The number of nitrogens with two attached hydrogens (primary N) is 1. The van der Waals surface area contributed by atoms with Gasteiger partial charge >= 0.3 is 0 Å². The topological polar surface area (TPSA) is 82.2 Å². The second-order valence-electron chi connectivity index (χ2n) is 5.73. The van der Waals surface area contributed by atoms with Crippen molar-refractivity contribution in [1.29, 1.82) is 5.26 Å².